The van der Waals surface area contributed by atoms with Crippen LogP contribution in [-0.2, 0) is 19.4 Å². The molecule has 28 heavy (non-hydrogen) atoms. The summed E-state index contributed by atoms with van der Waals surface area (Å²) in [6.45, 7) is 4.26. The minimum atomic E-state index is -0.292. The fraction of sp³-hybridized carbons (Fsp3) is 0.217. The Hall–Kier alpha value is -3.52. The van der Waals surface area contributed by atoms with Crippen molar-refractivity contribution in [3.8, 4) is 11.8 Å². The van der Waals surface area contributed by atoms with Gasteiger partial charge in [0.05, 0.1) is 5.56 Å². The van der Waals surface area contributed by atoms with Crippen LogP contribution >= 0.6 is 0 Å². The average molecular weight is 374 g/mol. The number of ether oxygens (including phenoxy) is 1. The average Bonchev–Trinajstić information content (AvgIpc) is 3.21. The Morgan fingerprint density at radius 3 is 2.43 bits per heavy atom. The Balaban J connectivity index is 1.71. The molecule has 0 saturated heterocycles. The highest BCUT2D eigenvalue weighted by atomic mass is 16.5. The molecular weight excluding hydrogens is 352 g/mol. The number of rotatable bonds is 7. The molecule has 0 saturated carbocycles. The van der Waals surface area contributed by atoms with Gasteiger partial charge in [-0.25, -0.2) is 0 Å². The molecule has 0 unspecified atom stereocenters. The summed E-state index contributed by atoms with van der Waals surface area (Å²) in [6, 6.07) is 18.4. The monoisotopic (exact) mass is 374 g/mol. The highest BCUT2D eigenvalue weighted by Gasteiger charge is 2.15. The number of hydrogen-bond acceptors (Lipinski definition) is 4. The van der Waals surface area contributed by atoms with Crippen LogP contribution in [0.1, 0.15) is 46.9 Å². The molecule has 1 heterocycles. The predicted octanol–water partition coefficient (Wildman–Crippen LogP) is 5.11. The third-order valence-corrected chi connectivity index (χ3v) is 4.50. The first-order valence-electron chi connectivity index (χ1n) is 9.29. The van der Waals surface area contributed by atoms with Gasteiger partial charge in [0.15, 0.2) is 5.76 Å². The first-order valence-corrected chi connectivity index (χ1v) is 9.29. The second kappa shape index (κ2) is 8.92. The Bertz CT molecular complexity index is 992. The number of nitrogens with one attached hydrogen (secondary N) is 1. The van der Waals surface area contributed by atoms with Crippen LogP contribution < -0.4 is 10.1 Å². The van der Waals surface area contributed by atoms with Crippen molar-refractivity contribution in [2.24, 2.45) is 0 Å². The van der Waals surface area contributed by atoms with E-state index in [2.05, 4.69) is 25.2 Å². The van der Waals surface area contributed by atoms with Gasteiger partial charge in [-0.3, -0.25) is 4.79 Å². The Morgan fingerprint density at radius 2 is 1.75 bits per heavy atom. The Labute approximate surface area is 164 Å². The van der Waals surface area contributed by atoms with Crippen molar-refractivity contribution in [3.05, 3.63) is 82.8 Å². The maximum absolute atomic E-state index is 12.6. The second-order valence-electron chi connectivity index (χ2n) is 6.28. The largest absolute Gasteiger partial charge is 0.484 e. The van der Waals surface area contributed by atoms with Crippen molar-refractivity contribution in [3.63, 3.8) is 0 Å². The van der Waals surface area contributed by atoms with E-state index in [1.54, 1.807) is 36.4 Å². The van der Waals surface area contributed by atoms with Gasteiger partial charge in [0.1, 0.15) is 24.2 Å². The number of nitriles is 1. The van der Waals surface area contributed by atoms with Crippen molar-refractivity contribution < 1.29 is 13.9 Å². The summed E-state index contributed by atoms with van der Waals surface area (Å²) in [4.78, 5) is 12.6. The molecule has 0 aliphatic heterocycles. The fourth-order valence-corrected chi connectivity index (χ4v) is 2.99. The molecule has 142 valence electrons. The summed E-state index contributed by atoms with van der Waals surface area (Å²) >= 11 is 0. The predicted molar refractivity (Wildman–Crippen MR) is 107 cm³/mol. The molecule has 5 heteroatoms. The lowest BCUT2D eigenvalue weighted by Gasteiger charge is -2.13. The molecule has 5 nitrogen and oxygen atoms in total. The summed E-state index contributed by atoms with van der Waals surface area (Å²) < 4.78 is 11.3. The van der Waals surface area contributed by atoms with E-state index in [1.165, 1.54) is 0 Å². The fourth-order valence-electron chi connectivity index (χ4n) is 2.99. The molecule has 0 spiro atoms. The van der Waals surface area contributed by atoms with Gasteiger partial charge >= 0.3 is 0 Å². The summed E-state index contributed by atoms with van der Waals surface area (Å²) in [5, 5.41) is 12.1. The smallest absolute Gasteiger partial charge is 0.291 e. The quantitative estimate of drug-likeness (QED) is 0.624. The molecule has 0 bridgehead atoms. The van der Waals surface area contributed by atoms with Crippen LogP contribution in [0.25, 0.3) is 0 Å². The van der Waals surface area contributed by atoms with Crippen LogP contribution in [0.15, 0.2) is 59.0 Å². The van der Waals surface area contributed by atoms with E-state index in [0.717, 1.165) is 29.7 Å². The third kappa shape index (κ3) is 4.24. The van der Waals surface area contributed by atoms with Crippen molar-refractivity contribution >= 4 is 11.6 Å². The van der Waals surface area contributed by atoms with E-state index >= 15 is 0 Å². The molecule has 1 aromatic heterocycles. The number of nitrogens with zero attached hydrogens (tertiary/aromatic N) is 1. The maximum atomic E-state index is 12.6. The number of carbonyl (C=O) groups is 1. The summed E-state index contributed by atoms with van der Waals surface area (Å²) in [5.74, 6) is 0.925. The standard InChI is InChI=1S/C23H22N2O3/c1-3-16-9-7-10-17(4-2)22(16)25-23(26)21-13-12-19(28-21)15-27-20-11-6-5-8-18(20)14-24/h5-13H,3-4,15H2,1-2H3,(H,25,26). The number of amides is 1. The maximum Gasteiger partial charge on any atom is 0.291 e. The van der Waals surface area contributed by atoms with Crippen LogP contribution in [0.2, 0.25) is 0 Å². The van der Waals surface area contributed by atoms with E-state index in [0.29, 0.717) is 17.1 Å². The minimum Gasteiger partial charge on any atom is -0.484 e. The molecular formula is C23H22N2O3. The number of anilines is 1. The minimum absolute atomic E-state index is 0.137. The summed E-state index contributed by atoms with van der Waals surface area (Å²) in [5.41, 5.74) is 3.50. The molecule has 0 radical (unpaired) electrons. The zero-order chi connectivity index (χ0) is 19.9. The highest BCUT2D eigenvalue weighted by Crippen LogP contribution is 2.24. The van der Waals surface area contributed by atoms with E-state index < -0.39 is 0 Å². The van der Waals surface area contributed by atoms with Crippen molar-refractivity contribution in [1.82, 2.24) is 0 Å². The van der Waals surface area contributed by atoms with Gasteiger partial charge in [-0.1, -0.05) is 44.2 Å². The number of hydrogen-bond donors (Lipinski definition) is 1. The first-order chi connectivity index (χ1) is 13.7. The van der Waals surface area contributed by atoms with Gasteiger partial charge in [-0.15, -0.1) is 0 Å². The van der Waals surface area contributed by atoms with Gasteiger partial charge in [0, 0.05) is 5.69 Å². The lowest BCUT2D eigenvalue weighted by molar-refractivity contribution is 0.0992. The highest BCUT2D eigenvalue weighted by molar-refractivity contribution is 6.03. The Morgan fingerprint density at radius 1 is 1.04 bits per heavy atom. The first kappa shape index (κ1) is 19.2. The van der Waals surface area contributed by atoms with Crippen LogP contribution in [-0.4, -0.2) is 5.91 Å². The van der Waals surface area contributed by atoms with E-state index in [9.17, 15) is 4.79 Å². The number of carbonyl (C=O) groups excluding carboxylic acids is 1. The lowest BCUT2D eigenvalue weighted by atomic mass is 10.0. The molecule has 0 aliphatic rings. The van der Waals surface area contributed by atoms with Gasteiger partial charge in [-0.05, 0) is 48.2 Å². The SMILES string of the molecule is CCc1cccc(CC)c1NC(=O)c1ccc(COc2ccccc2C#N)o1. The van der Waals surface area contributed by atoms with Crippen LogP contribution in [0.4, 0.5) is 5.69 Å². The second-order valence-corrected chi connectivity index (χ2v) is 6.28. The number of aryl methyl sites for hydroxylation is 2. The number of para-hydroxylation sites is 2. The van der Waals surface area contributed by atoms with Crippen LogP contribution in [0.5, 0.6) is 5.75 Å². The van der Waals surface area contributed by atoms with Crippen molar-refractivity contribution in [2.75, 3.05) is 5.32 Å². The van der Waals surface area contributed by atoms with E-state index in [-0.39, 0.29) is 18.3 Å². The zero-order valence-corrected chi connectivity index (χ0v) is 16.0. The van der Waals surface area contributed by atoms with Gasteiger partial charge in [0.2, 0.25) is 0 Å². The van der Waals surface area contributed by atoms with Crippen LogP contribution in [0, 0.1) is 11.3 Å². The summed E-state index contributed by atoms with van der Waals surface area (Å²) in [7, 11) is 0. The van der Waals surface area contributed by atoms with Crippen molar-refractivity contribution in [2.45, 2.75) is 33.3 Å². The molecule has 0 aliphatic carbocycles. The molecule has 0 atom stereocenters. The normalized spacial score (nSPS) is 10.3. The van der Waals surface area contributed by atoms with Gasteiger partial charge in [-0.2, -0.15) is 5.26 Å². The zero-order valence-electron chi connectivity index (χ0n) is 16.0. The topological polar surface area (TPSA) is 75.3 Å². The van der Waals surface area contributed by atoms with Gasteiger partial charge < -0.3 is 14.5 Å². The van der Waals surface area contributed by atoms with Crippen LogP contribution in [0.3, 0.4) is 0 Å². The number of furan rings is 1. The van der Waals surface area contributed by atoms with Gasteiger partial charge in [0.25, 0.3) is 5.91 Å². The molecule has 2 aromatic carbocycles. The molecule has 1 N–H and O–H groups in total. The van der Waals surface area contributed by atoms with E-state index in [1.807, 2.05) is 18.2 Å². The summed E-state index contributed by atoms with van der Waals surface area (Å²) in [6.07, 6.45) is 1.66. The molecule has 3 aromatic rings. The third-order valence-electron chi connectivity index (χ3n) is 4.50. The number of benzene rings is 2. The molecule has 1 amide bonds. The Kier molecular flexibility index (Phi) is 6.13. The van der Waals surface area contributed by atoms with E-state index in [4.69, 9.17) is 14.4 Å². The lowest BCUT2D eigenvalue weighted by Crippen LogP contribution is -2.14. The molecule has 0 fully saturated rings. The molecule has 3 rings (SSSR count). The van der Waals surface area contributed by atoms with Crippen molar-refractivity contribution in [1.29, 1.82) is 5.26 Å².